The Labute approximate surface area is 197 Å². The highest BCUT2D eigenvalue weighted by Gasteiger charge is 2.23. The number of phenols is 1. The standard InChI is InChI=1S/C23H19BrN6O3/c1-2-18(32)29(23(33)14-6-4-3-5-7-14)10-11-30-22-19(21(25)26-13-27-22)20(28-30)15-8-9-16(24)17(31)12-15/h2-9,12-13,31H,1,10-11H2,(H2,25,26,27). The molecule has 9 nitrogen and oxygen atoms in total. The third-order valence-corrected chi connectivity index (χ3v) is 5.69. The van der Waals surface area contributed by atoms with Gasteiger partial charge in [0.15, 0.2) is 5.65 Å². The number of nitrogens with zero attached hydrogens (tertiary/aromatic N) is 5. The van der Waals surface area contributed by atoms with Gasteiger partial charge in [0.25, 0.3) is 11.8 Å². The number of benzene rings is 2. The van der Waals surface area contributed by atoms with Crippen LogP contribution in [0.15, 0.2) is 72.0 Å². The molecule has 0 aliphatic carbocycles. The summed E-state index contributed by atoms with van der Waals surface area (Å²) >= 11 is 3.26. The van der Waals surface area contributed by atoms with Crippen molar-refractivity contribution in [2.75, 3.05) is 12.3 Å². The zero-order chi connectivity index (χ0) is 23.5. The Morgan fingerprint density at radius 3 is 2.64 bits per heavy atom. The van der Waals surface area contributed by atoms with Crippen LogP contribution in [-0.2, 0) is 11.3 Å². The van der Waals surface area contributed by atoms with E-state index in [4.69, 9.17) is 5.73 Å². The van der Waals surface area contributed by atoms with E-state index >= 15 is 0 Å². The predicted octanol–water partition coefficient (Wildman–Crippen LogP) is 3.40. The highest BCUT2D eigenvalue weighted by atomic mass is 79.9. The number of hydrogen-bond acceptors (Lipinski definition) is 7. The van der Waals surface area contributed by atoms with Crippen molar-refractivity contribution >= 4 is 44.6 Å². The molecule has 0 unspecified atom stereocenters. The molecule has 2 amide bonds. The molecule has 166 valence electrons. The molecule has 0 saturated heterocycles. The zero-order valence-corrected chi connectivity index (χ0v) is 18.9. The molecule has 0 bridgehead atoms. The van der Waals surface area contributed by atoms with Crippen molar-refractivity contribution in [1.82, 2.24) is 24.6 Å². The number of amides is 2. The topological polar surface area (TPSA) is 127 Å². The van der Waals surface area contributed by atoms with Crippen LogP contribution < -0.4 is 5.73 Å². The summed E-state index contributed by atoms with van der Waals surface area (Å²) in [5.74, 6) is -0.693. The first-order chi connectivity index (χ1) is 15.9. The zero-order valence-electron chi connectivity index (χ0n) is 17.3. The number of rotatable bonds is 6. The summed E-state index contributed by atoms with van der Waals surface area (Å²) in [4.78, 5) is 34.8. The van der Waals surface area contributed by atoms with E-state index in [0.717, 1.165) is 11.0 Å². The van der Waals surface area contributed by atoms with Crippen LogP contribution in [0.5, 0.6) is 5.75 Å². The third kappa shape index (κ3) is 4.33. The van der Waals surface area contributed by atoms with Gasteiger partial charge in [0.2, 0.25) is 0 Å². The van der Waals surface area contributed by atoms with Gasteiger partial charge in [-0.3, -0.25) is 14.5 Å². The average molecular weight is 507 g/mol. The van der Waals surface area contributed by atoms with Crippen molar-refractivity contribution < 1.29 is 14.7 Å². The van der Waals surface area contributed by atoms with Crippen molar-refractivity contribution in [3.8, 4) is 17.0 Å². The van der Waals surface area contributed by atoms with Crippen molar-refractivity contribution in [3.05, 3.63) is 77.5 Å². The van der Waals surface area contributed by atoms with Crippen molar-refractivity contribution in [3.63, 3.8) is 0 Å². The number of aromatic hydroxyl groups is 1. The van der Waals surface area contributed by atoms with Crippen molar-refractivity contribution in [2.45, 2.75) is 6.54 Å². The number of phenolic OH excluding ortho intramolecular Hbond substituents is 1. The van der Waals surface area contributed by atoms with Crippen LogP contribution in [0.1, 0.15) is 10.4 Å². The Morgan fingerprint density at radius 1 is 1.18 bits per heavy atom. The summed E-state index contributed by atoms with van der Waals surface area (Å²) in [7, 11) is 0. The summed E-state index contributed by atoms with van der Waals surface area (Å²) in [6.07, 6.45) is 2.42. The van der Waals surface area contributed by atoms with E-state index in [1.165, 1.54) is 6.33 Å². The first-order valence-corrected chi connectivity index (χ1v) is 10.7. The number of imide groups is 1. The van der Waals surface area contributed by atoms with Crippen LogP contribution in [0.2, 0.25) is 0 Å². The Morgan fingerprint density at radius 2 is 1.94 bits per heavy atom. The highest BCUT2D eigenvalue weighted by Crippen LogP contribution is 2.34. The normalized spacial score (nSPS) is 10.8. The number of fused-ring (bicyclic) bond motifs is 1. The fourth-order valence-corrected chi connectivity index (χ4v) is 3.65. The maximum Gasteiger partial charge on any atom is 0.260 e. The Kier molecular flexibility index (Phi) is 6.18. The number of nitrogen functional groups attached to an aromatic ring is 1. The molecular weight excluding hydrogens is 488 g/mol. The lowest BCUT2D eigenvalue weighted by atomic mass is 10.1. The molecule has 3 N–H and O–H groups in total. The van der Waals surface area contributed by atoms with Crippen molar-refractivity contribution in [2.24, 2.45) is 0 Å². The van der Waals surface area contributed by atoms with Gasteiger partial charge in [-0.1, -0.05) is 30.8 Å². The van der Waals surface area contributed by atoms with E-state index in [2.05, 4.69) is 37.6 Å². The molecule has 0 saturated carbocycles. The first-order valence-electron chi connectivity index (χ1n) is 9.90. The van der Waals surface area contributed by atoms with Crippen LogP contribution in [-0.4, -0.2) is 48.1 Å². The maximum absolute atomic E-state index is 12.9. The number of halogens is 1. The molecule has 2 heterocycles. The lowest BCUT2D eigenvalue weighted by Gasteiger charge is -2.19. The van der Waals surface area contributed by atoms with Crippen LogP contribution >= 0.6 is 15.9 Å². The molecule has 4 aromatic rings. The van der Waals surface area contributed by atoms with Gasteiger partial charge in [0.1, 0.15) is 23.6 Å². The number of nitrogens with two attached hydrogens (primary N) is 1. The van der Waals surface area contributed by atoms with Gasteiger partial charge < -0.3 is 10.8 Å². The van der Waals surface area contributed by atoms with Crippen LogP contribution in [0.25, 0.3) is 22.3 Å². The SMILES string of the molecule is C=CC(=O)N(CCn1nc(-c2ccc(Br)c(O)c2)c2c(N)ncnc21)C(=O)c1ccccc1. The number of aromatic nitrogens is 4. The maximum atomic E-state index is 12.9. The molecule has 4 rings (SSSR count). The Bertz CT molecular complexity index is 1370. The van der Waals surface area contributed by atoms with E-state index < -0.39 is 11.8 Å². The van der Waals surface area contributed by atoms with Gasteiger partial charge in [0.05, 0.1) is 16.4 Å². The molecule has 0 aliphatic rings. The van der Waals surface area contributed by atoms with E-state index in [1.54, 1.807) is 53.2 Å². The summed E-state index contributed by atoms with van der Waals surface area (Å²) in [5, 5.41) is 15.2. The van der Waals surface area contributed by atoms with Gasteiger partial charge in [-0.05, 0) is 46.3 Å². The van der Waals surface area contributed by atoms with E-state index in [9.17, 15) is 14.7 Å². The lowest BCUT2D eigenvalue weighted by Crippen LogP contribution is -2.38. The molecule has 0 aliphatic heterocycles. The molecule has 0 spiro atoms. The summed E-state index contributed by atoms with van der Waals surface area (Å²) in [6.45, 7) is 3.70. The highest BCUT2D eigenvalue weighted by molar-refractivity contribution is 9.10. The first kappa shape index (κ1) is 22.2. The Hall–Kier alpha value is -4.05. The molecule has 0 fully saturated rings. The van der Waals surface area contributed by atoms with Crippen molar-refractivity contribution in [1.29, 1.82) is 0 Å². The average Bonchev–Trinajstić information content (AvgIpc) is 3.21. The van der Waals surface area contributed by atoms with E-state index in [1.807, 2.05) is 0 Å². The predicted molar refractivity (Wildman–Crippen MR) is 127 cm³/mol. The van der Waals surface area contributed by atoms with E-state index in [0.29, 0.717) is 32.3 Å². The van der Waals surface area contributed by atoms with Gasteiger partial charge in [-0.15, -0.1) is 0 Å². The van der Waals surface area contributed by atoms with Crippen LogP contribution in [0.3, 0.4) is 0 Å². The minimum atomic E-state index is -0.521. The van der Waals surface area contributed by atoms with Gasteiger partial charge in [0, 0.05) is 17.7 Å². The fraction of sp³-hybridized carbons (Fsp3) is 0.0870. The smallest absolute Gasteiger partial charge is 0.260 e. The van der Waals surface area contributed by atoms with Gasteiger partial charge in [-0.25, -0.2) is 14.6 Å². The van der Waals surface area contributed by atoms with Gasteiger partial charge in [-0.2, -0.15) is 5.10 Å². The summed E-state index contributed by atoms with van der Waals surface area (Å²) < 4.78 is 2.10. The quantitative estimate of drug-likeness (QED) is 0.383. The number of hydrogen-bond donors (Lipinski definition) is 2. The van der Waals surface area contributed by atoms with Crippen LogP contribution in [0.4, 0.5) is 5.82 Å². The van der Waals surface area contributed by atoms with E-state index in [-0.39, 0.29) is 24.7 Å². The minimum Gasteiger partial charge on any atom is -0.507 e. The lowest BCUT2D eigenvalue weighted by molar-refractivity contribution is -0.123. The molecule has 2 aromatic carbocycles. The fourth-order valence-electron chi connectivity index (χ4n) is 3.40. The number of carbonyl (C=O) groups is 2. The van der Waals surface area contributed by atoms with Crippen LogP contribution in [0, 0.1) is 0 Å². The Balaban J connectivity index is 1.71. The molecular formula is C23H19BrN6O3. The summed E-state index contributed by atoms with van der Waals surface area (Å²) in [5.41, 5.74) is 8.03. The monoisotopic (exact) mass is 506 g/mol. The largest absolute Gasteiger partial charge is 0.507 e. The second kappa shape index (κ2) is 9.21. The second-order valence-corrected chi connectivity index (χ2v) is 7.91. The molecule has 0 atom stereocenters. The molecule has 10 heteroatoms. The number of carbonyl (C=O) groups excluding carboxylic acids is 2. The summed E-state index contributed by atoms with van der Waals surface area (Å²) in [6, 6.07) is 13.5. The molecule has 2 aromatic heterocycles. The third-order valence-electron chi connectivity index (χ3n) is 5.02. The molecule has 33 heavy (non-hydrogen) atoms. The molecule has 0 radical (unpaired) electrons. The van der Waals surface area contributed by atoms with Gasteiger partial charge >= 0.3 is 0 Å². The number of anilines is 1. The second-order valence-electron chi connectivity index (χ2n) is 7.06. The minimum absolute atomic E-state index is 0.0320.